The Kier molecular flexibility index (Phi) is 8.02. The first-order valence-corrected chi connectivity index (χ1v) is 13.2. The van der Waals surface area contributed by atoms with Crippen LogP contribution in [0.4, 0.5) is 10.1 Å². The van der Waals surface area contributed by atoms with Crippen molar-refractivity contribution in [1.29, 1.82) is 0 Å². The van der Waals surface area contributed by atoms with Gasteiger partial charge in [-0.25, -0.2) is 13.9 Å². The Balaban J connectivity index is 1.30. The summed E-state index contributed by atoms with van der Waals surface area (Å²) in [5, 5.41) is 8.13. The minimum atomic E-state index is -0.538. The molecule has 0 bridgehead atoms. The second-order valence-corrected chi connectivity index (χ2v) is 10.1. The first-order valence-electron chi connectivity index (χ1n) is 13.2. The molecular weight excluding hydrogens is 499 g/mol. The fraction of sp³-hybridized carbons (Fsp3) is 0.379. The zero-order chi connectivity index (χ0) is 27.4. The summed E-state index contributed by atoms with van der Waals surface area (Å²) < 4.78 is 19.8. The maximum Gasteiger partial charge on any atom is 0.360 e. The zero-order valence-corrected chi connectivity index (χ0v) is 22.2. The van der Waals surface area contributed by atoms with Crippen molar-refractivity contribution < 1.29 is 18.7 Å². The highest BCUT2D eigenvalue weighted by molar-refractivity contribution is 5.86. The van der Waals surface area contributed by atoms with Gasteiger partial charge in [0.15, 0.2) is 5.69 Å². The number of hydrogen-bond acceptors (Lipinski definition) is 7. The van der Waals surface area contributed by atoms with E-state index in [0.717, 1.165) is 16.8 Å². The maximum atomic E-state index is 13.9. The van der Waals surface area contributed by atoms with Gasteiger partial charge in [-0.2, -0.15) is 0 Å². The number of benzene rings is 2. The molecule has 0 aliphatic carbocycles. The van der Waals surface area contributed by atoms with E-state index in [4.69, 9.17) is 4.74 Å². The number of halogens is 1. The van der Waals surface area contributed by atoms with E-state index < -0.39 is 5.97 Å². The molecule has 2 atom stereocenters. The topological polar surface area (TPSA) is 83.8 Å². The first-order chi connectivity index (χ1) is 18.9. The van der Waals surface area contributed by atoms with E-state index in [1.165, 1.54) is 19.2 Å². The standard InChI is InChI=1S/C29H33FN6O3/c1-21(16-22-6-4-3-5-7-22)18-35-19-25(36-20-26(31-32-36)29(38)39-2)17-27(35)28(37)34-14-12-33(13-15-34)24-10-8-23(30)9-11-24/h3-11,16,20,25,27H,12-15,17-19H2,1-2H3/t25-,27+/m1/s1. The van der Waals surface area contributed by atoms with E-state index in [9.17, 15) is 14.0 Å². The number of likely N-dealkylation sites (tertiary alicyclic amines) is 1. The lowest BCUT2D eigenvalue weighted by Gasteiger charge is -2.38. The van der Waals surface area contributed by atoms with Crippen LogP contribution in [0.15, 0.2) is 66.4 Å². The third kappa shape index (κ3) is 6.17. The van der Waals surface area contributed by atoms with E-state index in [0.29, 0.717) is 45.7 Å². The van der Waals surface area contributed by atoms with Gasteiger partial charge in [-0.1, -0.05) is 47.2 Å². The molecule has 2 saturated heterocycles. The largest absolute Gasteiger partial charge is 0.464 e. The number of anilines is 1. The second-order valence-electron chi connectivity index (χ2n) is 10.1. The zero-order valence-electron chi connectivity index (χ0n) is 22.2. The molecule has 204 valence electrons. The summed E-state index contributed by atoms with van der Waals surface area (Å²) in [6.07, 6.45) is 4.30. The number of ether oxygens (including phenoxy) is 1. The molecule has 0 saturated carbocycles. The van der Waals surface area contributed by atoms with Gasteiger partial charge >= 0.3 is 5.97 Å². The predicted molar refractivity (Wildman–Crippen MR) is 146 cm³/mol. The Morgan fingerprint density at radius 3 is 2.46 bits per heavy atom. The number of piperazine rings is 1. The third-order valence-electron chi connectivity index (χ3n) is 7.39. The monoisotopic (exact) mass is 532 g/mol. The maximum absolute atomic E-state index is 13.9. The highest BCUT2D eigenvalue weighted by Gasteiger charge is 2.40. The molecule has 9 nitrogen and oxygen atoms in total. The van der Waals surface area contributed by atoms with Gasteiger partial charge in [0, 0.05) is 45.0 Å². The Morgan fingerprint density at radius 1 is 1.05 bits per heavy atom. The molecule has 1 amide bonds. The molecule has 0 radical (unpaired) electrons. The predicted octanol–water partition coefficient (Wildman–Crippen LogP) is 3.27. The summed E-state index contributed by atoms with van der Waals surface area (Å²) >= 11 is 0. The van der Waals surface area contributed by atoms with Crippen LogP contribution >= 0.6 is 0 Å². The van der Waals surface area contributed by atoms with Gasteiger partial charge in [-0.15, -0.1) is 5.10 Å². The minimum Gasteiger partial charge on any atom is -0.464 e. The van der Waals surface area contributed by atoms with Gasteiger partial charge in [-0.3, -0.25) is 9.69 Å². The lowest BCUT2D eigenvalue weighted by atomic mass is 10.1. The van der Waals surface area contributed by atoms with Crippen LogP contribution in [0.25, 0.3) is 6.08 Å². The van der Waals surface area contributed by atoms with Crippen LogP contribution in [0.1, 0.15) is 35.4 Å². The van der Waals surface area contributed by atoms with Crippen molar-refractivity contribution in [2.75, 3.05) is 51.3 Å². The number of carbonyl (C=O) groups is 2. The van der Waals surface area contributed by atoms with Crippen LogP contribution in [0.5, 0.6) is 0 Å². The number of rotatable bonds is 7. The van der Waals surface area contributed by atoms with Crippen molar-refractivity contribution in [3.05, 3.63) is 83.4 Å². The third-order valence-corrected chi connectivity index (χ3v) is 7.39. The smallest absolute Gasteiger partial charge is 0.360 e. The minimum absolute atomic E-state index is 0.0945. The number of carbonyl (C=O) groups excluding carboxylic acids is 2. The Bertz CT molecular complexity index is 1320. The molecule has 2 aromatic carbocycles. The van der Waals surface area contributed by atoms with E-state index in [1.807, 2.05) is 23.1 Å². The molecular formula is C29H33FN6O3. The second kappa shape index (κ2) is 11.8. The van der Waals surface area contributed by atoms with Crippen molar-refractivity contribution >= 4 is 23.6 Å². The van der Waals surface area contributed by atoms with Gasteiger partial charge in [0.1, 0.15) is 5.82 Å². The van der Waals surface area contributed by atoms with Crippen LogP contribution in [0, 0.1) is 5.82 Å². The van der Waals surface area contributed by atoms with Crippen LogP contribution in [-0.4, -0.2) is 89.1 Å². The highest BCUT2D eigenvalue weighted by Crippen LogP contribution is 2.30. The fourth-order valence-electron chi connectivity index (χ4n) is 5.40. The number of aromatic nitrogens is 3. The Labute approximate surface area is 227 Å². The average molecular weight is 533 g/mol. The summed E-state index contributed by atoms with van der Waals surface area (Å²) in [4.78, 5) is 32.1. The molecule has 3 heterocycles. The van der Waals surface area contributed by atoms with Gasteiger partial charge in [-0.05, 0) is 43.2 Å². The fourth-order valence-corrected chi connectivity index (χ4v) is 5.40. The molecule has 10 heteroatoms. The van der Waals surface area contributed by atoms with Crippen molar-refractivity contribution in [2.45, 2.75) is 25.4 Å². The number of hydrogen-bond donors (Lipinski definition) is 0. The number of nitrogens with zero attached hydrogens (tertiary/aromatic N) is 6. The van der Waals surface area contributed by atoms with Gasteiger partial charge in [0.25, 0.3) is 0 Å². The average Bonchev–Trinajstić information content (AvgIpc) is 3.61. The summed E-state index contributed by atoms with van der Waals surface area (Å²) in [6, 6.07) is 16.2. The van der Waals surface area contributed by atoms with E-state index >= 15 is 0 Å². The molecule has 1 aromatic heterocycles. The lowest BCUT2D eigenvalue weighted by molar-refractivity contribution is -0.136. The molecule has 0 spiro atoms. The van der Waals surface area contributed by atoms with Crippen molar-refractivity contribution in [3.63, 3.8) is 0 Å². The summed E-state index contributed by atoms with van der Waals surface area (Å²) in [6.45, 7) is 5.89. The van der Waals surface area contributed by atoms with Gasteiger partial charge in [0.2, 0.25) is 5.91 Å². The quantitative estimate of drug-likeness (QED) is 0.432. The van der Waals surface area contributed by atoms with Crippen LogP contribution in [0.3, 0.4) is 0 Å². The summed E-state index contributed by atoms with van der Waals surface area (Å²) in [5.41, 5.74) is 3.37. The molecule has 0 N–H and O–H groups in total. The molecule has 2 fully saturated rings. The highest BCUT2D eigenvalue weighted by atomic mass is 19.1. The molecule has 2 aliphatic rings. The lowest BCUT2D eigenvalue weighted by Crippen LogP contribution is -2.53. The molecule has 5 rings (SSSR count). The molecule has 39 heavy (non-hydrogen) atoms. The van der Waals surface area contributed by atoms with Crippen molar-refractivity contribution in [2.24, 2.45) is 0 Å². The van der Waals surface area contributed by atoms with Crippen molar-refractivity contribution in [1.82, 2.24) is 24.8 Å². The normalized spacial score (nSPS) is 20.3. The van der Waals surface area contributed by atoms with Crippen LogP contribution < -0.4 is 4.90 Å². The Morgan fingerprint density at radius 2 is 1.77 bits per heavy atom. The van der Waals surface area contributed by atoms with E-state index in [-0.39, 0.29) is 29.5 Å². The Hall–Kier alpha value is -4.05. The van der Waals surface area contributed by atoms with E-state index in [1.54, 1.807) is 23.0 Å². The number of methoxy groups -OCH3 is 1. The molecule has 3 aromatic rings. The van der Waals surface area contributed by atoms with E-state index in [2.05, 4.69) is 45.2 Å². The summed E-state index contributed by atoms with van der Waals surface area (Å²) in [5.74, 6) is -0.701. The SMILES string of the molecule is COC(=O)c1cn([C@@H]2C[C@@H](C(=O)N3CCN(c4ccc(F)cc4)CC3)N(CC(C)=Cc3ccccc3)C2)nn1. The first kappa shape index (κ1) is 26.6. The van der Waals surface area contributed by atoms with Gasteiger partial charge < -0.3 is 14.5 Å². The van der Waals surface area contributed by atoms with Gasteiger partial charge in [0.05, 0.1) is 25.4 Å². The summed E-state index contributed by atoms with van der Waals surface area (Å²) in [7, 11) is 1.31. The van der Waals surface area contributed by atoms with Crippen LogP contribution in [-0.2, 0) is 9.53 Å². The van der Waals surface area contributed by atoms with Crippen molar-refractivity contribution in [3.8, 4) is 0 Å². The number of amides is 1. The number of esters is 1. The molecule has 2 aliphatic heterocycles. The van der Waals surface area contributed by atoms with Crippen LogP contribution in [0.2, 0.25) is 0 Å². The molecule has 0 unspecified atom stereocenters.